The highest BCUT2D eigenvalue weighted by Gasteiger charge is 2.18. The van der Waals surface area contributed by atoms with E-state index in [1.165, 1.54) is 30.1 Å². The van der Waals surface area contributed by atoms with Crippen LogP contribution in [0, 0.1) is 10.1 Å². The number of nitrogens with one attached hydrogen (secondary N) is 3. The van der Waals surface area contributed by atoms with Gasteiger partial charge in [-0.25, -0.2) is 0 Å². The molecule has 2 heterocycles. The van der Waals surface area contributed by atoms with Crippen LogP contribution < -0.4 is 10.9 Å². The quantitative estimate of drug-likeness (QED) is 0.578. The molecule has 2 aromatic rings. The van der Waals surface area contributed by atoms with Gasteiger partial charge in [-0.2, -0.15) is 0 Å². The van der Waals surface area contributed by atoms with Crippen LogP contribution in [0.4, 0.5) is 5.69 Å². The fourth-order valence-corrected chi connectivity index (χ4v) is 1.78. The number of carbonyl (C=O) groups excluding carboxylic acids is 2. The number of hydrogen-bond acceptors (Lipinski definition) is 4. The molecule has 0 radical (unpaired) electrons. The molecule has 0 aliphatic carbocycles. The highest BCUT2D eigenvalue weighted by Crippen LogP contribution is 2.14. The fourth-order valence-electron chi connectivity index (χ4n) is 1.62. The maximum Gasteiger partial charge on any atom is 0.287 e. The summed E-state index contributed by atoms with van der Waals surface area (Å²) in [5, 5.41) is 11.0. The van der Waals surface area contributed by atoms with E-state index in [0.29, 0.717) is 5.02 Å². The van der Waals surface area contributed by atoms with Crippen LogP contribution in [0.1, 0.15) is 21.0 Å². The van der Waals surface area contributed by atoms with Crippen LogP contribution in [0.5, 0.6) is 0 Å². The topological polar surface area (TPSA) is 122 Å². The molecule has 21 heavy (non-hydrogen) atoms. The van der Waals surface area contributed by atoms with Gasteiger partial charge in [0.15, 0.2) is 0 Å². The number of hydrogen-bond donors (Lipinski definition) is 3. The van der Waals surface area contributed by atoms with Gasteiger partial charge in [0.2, 0.25) is 0 Å². The average Bonchev–Trinajstić information content (AvgIpc) is 3.02. The zero-order valence-corrected chi connectivity index (χ0v) is 11.5. The fraction of sp³-hybridized carbons (Fsp3) is 0.0909. The number of carbonyl (C=O) groups is 2. The molecule has 0 saturated heterocycles. The van der Waals surface area contributed by atoms with Crippen LogP contribution in [-0.4, -0.2) is 26.3 Å². The van der Waals surface area contributed by atoms with Crippen molar-refractivity contribution in [3.8, 4) is 0 Å². The highest BCUT2D eigenvalue weighted by atomic mass is 35.5. The van der Waals surface area contributed by atoms with E-state index in [0.717, 1.165) is 6.07 Å². The molecule has 0 saturated carbocycles. The summed E-state index contributed by atoms with van der Waals surface area (Å²) in [6.45, 7) is 0. The molecule has 0 fully saturated rings. The first-order chi connectivity index (χ1) is 9.88. The molecular formula is C11H10ClN5O4. The molecule has 0 spiro atoms. The molecule has 0 atom stereocenters. The molecule has 2 aromatic heterocycles. The predicted molar refractivity (Wildman–Crippen MR) is 72.8 cm³/mol. The highest BCUT2D eigenvalue weighted by molar-refractivity contribution is 6.30. The Balaban J connectivity index is 2.02. The number of aryl methyl sites for hydroxylation is 1. The van der Waals surface area contributed by atoms with E-state index in [1.54, 1.807) is 0 Å². The molecule has 0 aliphatic rings. The van der Waals surface area contributed by atoms with E-state index in [-0.39, 0.29) is 17.1 Å². The Morgan fingerprint density at radius 2 is 2.00 bits per heavy atom. The number of halogens is 1. The van der Waals surface area contributed by atoms with Crippen molar-refractivity contribution in [1.29, 1.82) is 0 Å². The van der Waals surface area contributed by atoms with E-state index in [2.05, 4.69) is 15.8 Å². The molecule has 2 rings (SSSR count). The Kier molecular flexibility index (Phi) is 3.94. The number of H-pyrrole nitrogens is 1. The lowest BCUT2D eigenvalue weighted by Gasteiger charge is -2.06. The second-order valence-electron chi connectivity index (χ2n) is 4.09. The zero-order chi connectivity index (χ0) is 15.6. The molecule has 0 aromatic carbocycles. The first-order valence-electron chi connectivity index (χ1n) is 5.64. The van der Waals surface area contributed by atoms with Crippen molar-refractivity contribution in [3.05, 3.63) is 51.1 Å². The maximum atomic E-state index is 11.8. The normalized spacial score (nSPS) is 10.2. The van der Waals surface area contributed by atoms with Gasteiger partial charge in [-0.15, -0.1) is 0 Å². The van der Waals surface area contributed by atoms with E-state index in [1.807, 2.05) is 0 Å². The van der Waals surface area contributed by atoms with Crippen molar-refractivity contribution >= 4 is 29.1 Å². The van der Waals surface area contributed by atoms with Crippen molar-refractivity contribution in [3.63, 3.8) is 0 Å². The number of rotatable bonds is 3. The summed E-state index contributed by atoms with van der Waals surface area (Å²) in [7, 11) is 1.48. The summed E-state index contributed by atoms with van der Waals surface area (Å²) in [5.74, 6) is -1.28. The molecule has 0 unspecified atom stereocenters. The number of hydrazine groups is 1. The summed E-state index contributed by atoms with van der Waals surface area (Å²) < 4.78 is 1.28. The van der Waals surface area contributed by atoms with Crippen LogP contribution in [0.2, 0.25) is 5.02 Å². The minimum atomic E-state index is -0.684. The first kappa shape index (κ1) is 14.6. The number of amides is 2. The van der Waals surface area contributed by atoms with Crippen LogP contribution in [0.15, 0.2) is 24.5 Å². The number of nitro groups is 1. The third-order valence-corrected chi connectivity index (χ3v) is 2.83. The van der Waals surface area contributed by atoms with E-state index < -0.39 is 16.7 Å². The summed E-state index contributed by atoms with van der Waals surface area (Å²) in [4.78, 5) is 36.1. The minimum Gasteiger partial charge on any atom is -0.356 e. The molecule has 3 N–H and O–H groups in total. The van der Waals surface area contributed by atoms with Crippen molar-refractivity contribution in [2.75, 3.05) is 0 Å². The summed E-state index contributed by atoms with van der Waals surface area (Å²) >= 11 is 5.65. The lowest BCUT2D eigenvalue weighted by atomic mass is 10.4. The van der Waals surface area contributed by atoms with Gasteiger partial charge in [0.1, 0.15) is 11.4 Å². The van der Waals surface area contributed by atoms with Crippen LogP contribution in [0.25, 0.3) is 0 Å². The molecule has 9 nitrogen and oxygen atoms in total. The van der Waals surface area contributed by atoms with Gasteiger partial charge < -0.3 is 9.55 Å². The Bertz CT molecular complexity index is 720. The summed E-state index contributed by atoms with van der Waals surface area (Å²) in [6.07, 6.45) is 2.61. The molecule has 0 bridgehead atoms. The number of aromatic amines is 1. The van der Waals surface area contributed by atoms with Crippen molar-refractivity contribution < 1.29 is 14.5 Å². The van der Waals surface area contributed by atoms with Crippen molar-refractivity contribution in [2.24, 2.45) is 7.05 Å². The smallest absolute Gasteiger partial charge is 0.287 e. The second-order valence-corrected chi connectivity index (χ2v) is 4.53. The molecule has 10 heteroatoms. The Morgan fingerprint density at radius 3 is 2.52 bits per heavy atom. The largest absolute Gasteiger partial charge is 0.356 e. The average molecular weight is 312 g/mol. The van der Waals surface area contributed by atoms with E-state index in [4.69, 9.17) is 11.6 Å². The van der Waals surface area contributed by atoms with Gasteiger partial charge in [0.05, 0.1) is 16.1 Å². The van der Waals surface area contributed by atoms with Crippen LogP contribution in [0.3, 0.4) is 0 Å². The van der Waals surface area contributed by atoms with Gasteiger partial charge in [0.25, 0.3) is 17.5 Å². The summed E-state index contributed by atoms with van der Waals surface area (Å²) in [5.41, 5.74) is 4.30. The number of nitrogens with zero attached hydrogens (tertiary/aromatic N) is 2. The Labute approximate surface area is 123 Å². The van der Waals surface area contributed by atoms with Gasteiger partial charge in [-0.05, 0) is 6.07 Å². The lowest BCUT2D eigenvalue weighted by Crippen LogP contribution is -2.42. The second kappa shape index (κ2) is 5.67. The first-order valence-corrected chi connectivity index (χ1v) is 6.01. The van der Waals surface area contributed by atoms with E-state index in [9.17, 15) is 19.7 Å². The van der Waals surface area contributed by atoms with Gasteiger partial charge >= 0.3 is 0 Å². The lowest BCUT2D eigenvalue weighted by molar-refractivity contribution is -0.384. The molecular weight excluding hydrogens is 302 g/mol. The zero-order valence-electron chi connectivity index (χ0n) is 10.7. The van der Waals surface area contributed by atoms with Crippen molar-refractivity contribution in [2.45, 2.75) is 0 Å². The van der Waals surface area contributed by atoms with Gasteiger partial charge in [-0.3, -0.25) is 30.6 Å². The van der Waals surface area contributed by atoms with Gasteiger partial charge in [-0.1, -0.05) is 11.6 Å². The van der Waals surface area contributed by atoms with Crippen molar-refractivity contribution in [1.82, 2.24) is 20.4 Å². The monoisotopic (exact) mass is 311 g/mol. The van der Waals surface area contributed by atoms with Crippen LogP contribution >= 0.6 is 11.6 Å². The van der Waals surface area contributed by atoms with Crippen LogP contribution in [-0.2, 0) is 7.05 Å². The minimum absolute atomic E-state index is 0.0338. The standard InChI is InChI=1S/C11H10ClN5O4/c1-16-5-7(17(20)21)3-9(16)11(19)15-14-10(18)8-2-6(12)4-13-8/h2-5,13H,1H3,(H,14,18)(H,15,19). The van der Waals surface area contributed by atoms with Gasteiger partial charge in [0, 0.05) is 19.3 Å². The Hall–Kier alpha value is -2.81. The SMILES string of the molecule is Cn1cc([N+](=O)[O-])cc1C(=O)NNC(=O)c1cc(Cl)c[nH]1. The third-order valence-electron chi connectivity index (χ3n) is 2.62. The Morgan fingerprint density at radius 1 is 1.33 bits per heavy atom. The third kappa shape index (κ3) is 3.20. The maximum absolute atomic E-state index is 11.8. The van der Waals surface area contributed by atoms with E-state index >= 15 is 0 Å². The molecule has 2 amide bonds. The predicted octanol–water partition coefficient (Wildman–Crippen LogP) is 0.990. The molecule has 110 valence electrons. The number of aromatic nitrogens is 2. The summed E-state index contributed by atoms with van der Waals surface area (Å²) in [6, 6.07) is 2.49. The molecule has 0 aliphatic heterocycles.